The Kier molecular flexibility index (Phi) is 6.77. The molecule has 0 atom stereocenters. The monoisotopic (exact) mass is 456 g/mol. The maximum absolute atomic E-state index is 13.0. The number of amides is 1. The summed E-state index contributed by atoms with van der Waals surface area (Å²) in [6.45, 7) is 5.85. The van der Waals surface area contributed by atoms with Gasteiger partial charge in [-0.2, -0.15) is 23.5 Å². The van der Waals surface area contributed by atoms with Crippen LogP contribution in [0.3, 0.4) is 0 Å². The van der Waals surface area contributed by atoms with E-state index in [4.69, 9.17) is 10.00 Å². The Morgan fingerprint density at radius 1 is 1.15 bits per heavy atom. The van der Waals surface area contributed by atoms with Gasteiger partial charge in [0.05, 0.1) is 28.9 Å². The van der Waals surface area contributed by atoms with Crippen LogP contribution in [0, 0.1) is 11.3 Å². The van der Waals surface area contributed by atoms with Crippen LogP contribution in [0.4, 0.5) is 13.2 Å². The highest BCUT2D eigenvalue weighted by Crippen LogP contribution is 2.34. The first-order valence-corrected chi connectivity index (χ1v) is 10.2. The quantitative estimate of drug-likeness (QED) is 0.546. The Morgan fingerprint density at radius 2 is 1.85 bits per heavy atom. The summed E-state index contributed by atoms with van der Waals surface area (Å²) in [7, 11) is 0. The number of hydrogen-bond acceptors (Lipinski definition) is 4. The van der Waals surface area contributed by atoms with Crippen molar-refractivity contribution in [3.63, 3.8) is 0 Å². The molecule has 0 saturated heterocycles. The first-order chi connectivity index (χ1) is 15.5. The van der Waals surface area contributed by atoms with Crippen molar-refractivity contribution < 1.29 is 22.7 Å². The lowest BCUT2D eigenvalue weighted by atomic mass is 10.1. The highest BCUT2D eigenvalue weighted by atomic mass is 19.4. The van der Waals surface area contributed by atoms with Gasteiger partial charge in [-0.3, -0.25) is 9.48 Å². The molecule has 0 aliphatic rings. The number of rotatable bonds is 6. The van der Waals surface area contributed by atoms with E-state index in [1.54, 1.807) is 12.1 Å². The molecule has 0 fully saturated rings. The van der Waals surface area contributed by atoms with Crippen LogP contribution in [0.25, 0.3) is 0 Å². The molecular formula is C24H23F3N4O2. The fourth-order valence-electron chi connectivity index (χ4n) is 3.14. The van der Waals surface area contributed by atoms with Gasteiger partial charge in [-0.05, 0) is 63.1 Å². The molecule has 0 bridgehead atoms. The topological polar surface area (TPSA) is 79.9 Å². The van der Waals surface area contributed by atoms with Crippen molar-refractivity contribution in [2.75, 3.05) is 6.54 Å². The fraction of sp³-hybridized carbons (Fsp3) is 0.292. The molecule has 2 aromatic carbocycles. The molecule has 6 nitrogen and oxygen atoms in total. The maximum atomic E-state index is 13.0. The second kappa shape index (κ2) is 9.36. The van der Waals surface area contributed by atoms with Crippen LogP contribution < -0.4 is 10.1 Å². The number of nitriles is 1. The molecule has 3 aromatic rings. The van der Waals surface area contributed by atoms with Crippen LogP contribution in [0.15, 0.2) is 54.7 Å². The van der Waals surface area contributed by atoms with E-state index < -0.39 is 23.2 Å². The third-order valence-corrected chi connectivity index (χ3v) is 4.76. The second-order valence-corrected chi connectivity index (χ2v) is 8.38. The number of nitrogens with zero attached hydrogens (tertiary/aromatic N) is 3. The highest BCUT2D eigenvalue weighted by Gasteiger charge is 2.31. The Labute approximate surface area is 189 Å². The number of halogens is 3. The Balaban J connectivity index is 1.80. The summed E-state index contributed by atoms with van der Waals surface area (Å²) in [6.07, 6.45) is -2.66. The molecule has 1 heterocycles. The summed E-state index contributed by atoms with van der Waals surface area (Å²) in [4.78, 5) is 13.0. The molecule has 1 N–H and O–H groups in total. The lowest BCUT2D eigenvalue weighted by Gasteiger charge is -2.22. The number of carbonyl (C=O) groups is 1. The molecule has 0 radical (unpaired) electrons. The van der Waals surface area contributed by atoms with E-state index in [2.05, 4.69) is 10.4 Å². The molecular weight excluding hydrogens is 433 g/mol. The number of alkyl halides is 3. The molecule has 0 unspecified atom stereocenters. The third kappa shape index (κ3) is 5.92. The predicted octanol–water partition coefficient (Wildman–Crippen LogP) is 5.29. The zero-order valence-electron chi connectivity index (χ0n) is 18.4. The number of aromatic nitrogens is 2. The molecule has 9 heteroatoms. The summed E-state index contributed by atoms with van der Waals surface area (Å²) in [5, 5.41) is 15.9. The molecule has 3 rings (SSSR count). The zero-order valence-corrected chi connectivity index (χ0v) is 18.4. The van der Waals surface area contributed by atoms with Gasteiger partial charge in [-0.15, -0.1) is 0 Å². The number of nitrogens with one attached hydrogen (secondary N) is 1. The van der Waals surface area contributed by atoms with E-state index in [9.17, 15) is 18.0 Å². The smallest absolute Gasteiger partial charge is 0.416 e. The largest absolute Gasteiger partial charge is 0.453 e. The number of ether oxygens (including phenoxy) is 1. The standard InChI is InChI=1S/C24H23F3N4O2/c1-23(2,3)31-21(22(32)29-12-11-16-7-9-17(14-28)10-8-16)20(15-30-31)33-19-6-4-5-18(13-19)24(25,26)27/h4-10,13,15H,11-12H2,1-3H3,(H,29,32). The van der Waals surface area contributed by atoms with Crippen molar-refractivity contribution in [1.29, 1.82) is 5.26 Å². The first kappa shape index (κ1) is 23.9. The predicted molar refractivity (Wildman–Crippen MR) is 116 cm³/mol. The summed E-state index contributed by atoms with van der Waals surface area (Å²) < 4.78 is 46.3. The maximum Gasteiger partial charge on any atom is 0.416 e. The van der Waals surface area contributed by atoms with Crippen molar-refractivity contribution in [3.05, 3.63) is 77.1 Å². The number of carbonyl (C=O) groups excluding carboxylic acids is 1. The van der Waals surface area contributed by atoms with Gasteiger partial charge in [0.15, 0.2) is 11.4 Å². The van der Waals surface area contributed by atoms with Gasteiger partial charge in [0.2, 0.25) is 0 Å². The van der Waals surface area contributed by atoms with Gasteiger partial charge in [0, 0.05) is 6.54 Å². The van der Waals surface area contributed by atoms with Crippen LogP contribution in [0.1, 0.15) is 48.0 Å². The summed E-state index contributed by atoms with van der Waals surface area (Å²) in [5.74, 6) is -0.455. The van der Waals surface area contributed by atoms with Crippen molar-refractivity contribution in [2.24, 2.45) is 0 Å². The van der Waals surface area contributed by atoms with Crippen molar-refractivity contribution in [1.82, 2.24) is 15.1 Å². The molecule has 0 saturated carbocycles. The molecule has 0 spiro atoms. The fourth-order valence-corrected chi connectivity index (χ4v) is 3.14. The van der Waals surface area contributed by atoms with Crippen LogP contribution in [0.2, 0.25) is 0 Å². The van der Waals surface area contributed by atoms with E-state index in [1.807, 2.05) is 39.0 Å². The van der Waals surface area contributed by atoms with E-state index in [0.29, 0.717) is 18.5 Å². The van der Waals surface area contributed by atoms with Crippen molar-refractivity contribution in [3.8, 4) is 17.6 Å². The van der Waals surface area contributed by atoms with Gasteiger partial charge >= 0.3 is 6.18 Å². The normalized spacial score (nSPS) is 11.7. The minimum absolute atomic E-state index is 0.0510. The van der Waals surface area contributed by atoms with Crippen molar-refractivity contribution in [2.45, 2.75) is 38.9 Å². The lowest BCUT2D eigenvalue weighted by Crippen LogP contribution is -2.33. The van der Waals surface area contributed by atoms with Gasteiger partial charge in [0.25, 0.3) is 5.91 Å². The molecule has 33 heavy (non-hydrogen) atoms. The minimum Gasteiger partial charge on any atom is -0.453 e. The molecule has 1 aromatic heterocycles. The second-order valence-electron chi connectivity index (χ2n) is 8.38. The lowest BCUT2D eigenvalue weighted by molar-refractivity contribution is -0.137. The summed E-state index contributed by atoms with van der Waals surface area (Å²) >= 11 is 0. The van der Waals surface area contributed by atoms with E-state index >= 15 is 0 Å². The van der Waals surface area contributed by atoms with Gasteiger partial charge in [-0.1, -0.05) is 18.2 Å². The van der Waals surface area contributed by atoms with Gasteiger partial charge in [-0.25, -0.2) is 0 Å². The van der Waals surface area contributed by atoms with Crippen LogP contribution in [0.5, 0.6) is 11.5 Å². The molecule has 0 aliphatic carbocycles. The zero-order chi connectivity index (χ0) is 24.2. The average molecular weight is 456 g/mol. The van der Waals surface area contributed by atoms with Crippen LogP contribution in [-0.4, -0.2) is 22.2 Å². The summed E-state index contributed by atoms with van der Waals surface area (Å²) in [6, 6.07) is 13.5. The molecule has 1 amide bonds. The highest BCUT2D eigenvalue weighted by molar-refractivity contribution is 5.95. The van der Waals surface area contributed by atoms with E-state index in [1.165, 1.54) is 23.0 Å². The van der Waals surface area contributed by atoms with Gasteiger partial charge in [0.1, 0.15) is 5.75 Å². The van der Waals surface area contributed by atoms with Crippen molar-refractivity contribution >= 4 is 5.91 Å². The van der Waals surface area contributed by atoms with E-state index in [0.717, 1.165) is 17.7 Å². The first-order valence-electron chi connectivity index (χ1n) is 10.2. The van der Waals surface area contributed by atoms with Crippen LogP contribution >= 0.6 is 0 Å². The third-order valence-electron chi connectivity index (χ3n) is 4.76. The number of hydrogen-bond donors (Lipinski definition) is 1. The Bertz CT molecular complexity index is 1170. The van der Waals surface area contributed by atoms with Crippen LogP contribution in [-0.2, 0) is 18.1 Å². The number of benzene rings is 2. The van der Waals surface area contributed by atoms with Gasteiger partial charge < -0.3 is 10.1 Å². The molecule has 0 aliphatic heterocycles. The summed E-state index contributed by atoms with van der Waals surface area (Å²) in [5.41, 5.74) is 0.179. The van der Waals surface area contributed by atoms with E-state index in [-0.39, 0.29) is 17.2 Å². The Hall–Kier alpha value is -3.80. The SMILES string of the molecule is CC(C)(C)n1ncc(Oc2cccc(C(F)(F)F)c2)c1C(=O)NCCc1ccc(C#N)cc1. The minimum atomic E-state index is -4.51. The Morgan fingerprint density at radius 3 is 2.45 bits per heavy atom. The molecule has 172 valence electrons. The average Bonchev–Trinajstić information content (AvgIpc) is 3.18.